The molecule has 0 atom stereocenters. The molecule has 7 rings (SSSR count). The summed E-state index contributed by atoms with van der Waals surface area (Å²) in [4.78, 5) is 4.71. The number of fused-ring (bicyclic) bond motifs is 3. The molecule has 0 bridgehead atoms. The fourth-order valence-corrected chi connectivity index (χ4v) is 5.54. The Labute approximate surface area is 260 Å². The largest absolute Gasteiger partial charge is 0.457 e. The highest BCUT2D eigenvalue weighted by molar-refractivity contribution is 6.09. The molecule has 0 saturated carbocycles. The highest BCUT2D eigenvalue weighted by Crippen LogP contribution is 2.36. The van der Waals surface area contributed by atoms with Crippen LogP contribution in [0.1, 0.15) is 26.3 Å². The molecule has 5 nitrogen and oxygen atoms in total. The number of hydrogen-bond acceptors (Lipinski definition) is 3. The SMILES string of the molecule is CC(C)(C)c1ccnc(-n2c3ccccc3c3ccc(Oc4cccc(-n5cc(-c6c(F)c(F)c(F)c(F)c6F)cn5)c4)cc32)c1. The Kier molecular flexibility index (Phi) is 6.88. The van der Waals surface area contributed by atoms with Gasteiger partial charge in [0.1, 0.15) is 17.3 Å². The number of hydrogen-bond donors (Lipinski definition) is 0. The summed E-state index contributed by atoms with van der Waals surface area (Å²) in [5.74, 6) is -8.37. The monoisotopic (exact) mass is 624 g/mol. The Morgan fingerprint density at radius 2 is 1.37 bits per heavy atom. The first kappa shape index (κ1) is 29.2. The van der Waals surface area contributed by atoms with Crippen molar-refractivity contribution in [1.29, 1.82) is 0 Å². The normalized spacial score (nSPS) is 11.9. The molecule has 3 heterocycles. The van der Waals surface area contributed by atoms with Crippen LogP contribution in [0.25, 0.3) is 44.4 Å². The molecule has 0 saturated heterocycles. The van der Waals surface area contributed by atoms with Crippen LogP contribution >= 0.6 is 0 Å². The van der Waals surface area contributed by atoms with Gasteiger partial charge in [-0.25, -0.2) is 31.6 Å². The third-order valence-electron chi connectivity index (χ3n) is 7.88. The second-order valence-electron chi connectivity index (χ2n) is 11.9. The van der Waals surface area contributed by atoms with Gasteiger partial charge in [0, 0.05) is 40.9 Å². The van der Waals surface area contributed by atoms with E-state index in [1.54, 1.807) is 24.3 Å². The number of rotatable bonds is 5. The van der Waals surface area contributed by atoms with E-state index in [9.17, 15) is 22.0 Å². The Bertz CT molecular complexity index is 2270. The average molecular weight is 625 g/mol. The van der Waals surface area contributed by atoms with Crippen molar-refractivity contribution in [3.05, 3.63) is 132 Å². The summed E-state index contributed by atoms with van der Waals surface area (Å²) >= 11 is 0. The minimum atomic E-state index is -2.22. The Hall–Kier alpha value is -5.51. The number of para-hydroxylation sites is 1. The van der Waals surface area contributed by atoms with E-state index in [0.29, 0.717) is 17.2 Å². The van der Waals surface area contributed by atoms with Gasteiger partial charge in [-0.05, 0) is 53.4 Å². The van der Waals surface area contributed by atoms with Crippen molar-refractivity contribution in [1.82, 2.24) is 19.3 Å². The molecule has 46 heavy (non-hydrogen) atoms. The number of nitrogens with zero attached hydrogens (tertiary/aromatic N) is 4. The smallest absolute Gasteiger partial charge is 0.200 e. The van der Waals surface area contributed by atoms with Crippen LogP contribution in [0.2, 0.25) is 0 Å². The molecule has 0 fully saturated rings. The predicted molar refractivity (Wildman–Crippen MR) is 166 cm³/mol. The molecular formula is C36H25F5N4O. The summed E-state index contributed by atoms with van der Waals surface area (Å²) < 4.78 is 79.6. The number of ether oxygens (including phenoxy) is 1. The lowest BCUT2D eigenvalue weighted by Gasteiger charge is -2.20. The lowest BCUT2D eigenvalue weighted by Crippen LogP contribution is -2.12. The fourth-order valence-electron chi connectivity index (χ4n) is 5.54. The molecule has 7 aromatic rings. The van der Waals surface area contributed by atoms with Gasteiger partial charge in [-0.3, -0.25) is 4.57 Å². The second kappa shape index (κ2) is 10.8. The van der Waals surface area contributed by atoms with Gasteiger partial charge in [0.25, 0.3) is 0 Å². The van der Waals surface area contributed by atoms with E-state index in [1.807, 2.05) is 42.6 Å². The zero-order valence-electron chi connectivity index (χ0n) is 24.8. The summed E-state index contributed by atoms with van der Waals surface area (Å²) in [6.07, 6.45) is 4.02. The highest BCUT2D eigenvalue weighted by atomic mass is 19.2. The number of halogens is 5. The van der Waals surface area contributed by atoms with Crippen molar-refractivity contribution in [2.24, 2.45) is 0 Å². The van der Waals surface area contributed by atoms with Crippen LogP contribution in [-0.4, -0.2) is 19.3 Å². The maximum Gasteiger partial charge on any atom is 0.200 e. The van der Waals surface area contributed by atoms with Crippen molar-refractivity contribution in [3.63, 3.8) is 0 Å². The Balaban J connectivity index is 1.26. The van der Waals surface area contributed by atoms with Gasteiger partial charge >= 0.3 is 0 Å². The molecule has 0 unspecified atom stereocenters. The second-order valence-corrected chi connectivity index (χ2v) is 11.9. The molecule has 10 heteroatoms. The van der Waals surface area contributed by atoms with Crippen LogP contribution < -0.4 is 4.74 Å². The van der Waals surface area contributed by atoms with E-state index in [-0.39, 0.29) is 11.0 Å². The maximum absolute atomic E-state index is 14.4. The van der Waals surface area contributed by atoms with Crippen molar-refractivity contribution in [2.45, 2.75) is 26.2 Å². The summed E-state index contributed by atoms with van der Waals surface area (Å²) in [7, 11) is 0. The molecule has 4 aromatic carbocycles. The topological polar surface area (TPSA) is 44.9 Å². The number of benzene rings is 4. The van der Waals surface area contributed by atoms with Crippen LogP contribution in [0.15, 0.2) is 97.5 Å². The first-order valence-electron chi connectivity index (χ1n) is 14.4. The van der Waals surface area contributed by atoms with Crippen LogP contribution in [0.3, 0.4) is 0 Å². The van der Waals surface area contributed by atoms with Gasteiger partial charge in [0.15, 0.2) is 23.3 Å². The third-order valence-corrected chi connectivity index (χ3v) is 7.88. The average Bonchev–Trinajstić information content (AvgIpc) is 3.66. The van der Waals surface area contributed by atoms with E-state index < -0.39 is 34.6 Å². The number of aromatic nitrogens is 4. The van der Waals surface area contributed by atoms with E-state index >= 15 is 0 Å². The Morgan fingerprint density at radius 1 is 0.674 bits per heavy atom. The van der Waals surface area contributed by atoms with Crippen molar-refractivity contribution in [3.8, 4) is 34.1 Å². The summed E-state index contributed by atoms with van der Waals surface area (Å²) in [5.41, 5.74) is 2.08. The summed E-state index contributed by atoms with van der Waals surface area (Å²) in [6, 6.07) is 24.7. The molecule has 0 amide bonds. The fraction of sp³-hybridized carbons (Fsp3) is 0.111. The van der Waals surface area contributed by atoms with E-state index in [1.165, 1.54) is 10.9 Å². The lowest BCUT2D eigenvalue weighted by atomic mass is 9.88. The van der Waals surface area contributed by atoms with Crippen molar-refractivity contribution in [2.75, 3.05) is 0 Å². The van der Waals surface area contributed by atoms with Gasteiger partial charge in [0.05, 0.1) is 28.5 Å². The maximum atomic E-state index is 14.4. The van der Waals surface area contributed by atoms with Crippen LogP contribution in [-0.2, 0) is 5.41 Å². The molecule has 0 radical (unpaired) electrons. The van der Waals surface area contributed by atoms with Gasteiger partial charge in [-0.15, -0.1) is 0 Å². The van der Waals surface area contributed by atoms with E-state index in [2.05, 4.69) is 48.6 Å². The minimum absolute atomic E-state index is 0.0706. The van der Waals surface area contributed by atoms with Crippen molar-refractivity contribution < 1.29 is 26.7 Å². The minimum Gasteiger partial charge on any atom is -0.457 e. The summed E-state index contributed by atoms with van der Waals surface area (Å²) in [5, 5.41) is 6.18. The van der Waals surface area contributed by atoms with Crippen LogP contribution in [0.4, 0.5) is 22.0 Å². The van der Waals surface area contributed by atoms with Gasteiger partial charge < -0.3 is 4.74 Å². The third kappa shape index (κ3) is 4.86. The van der Waals surface area contributed by atoms with Crippen molar-refractivity contribution >= 4 is 21.8 Å². The van der Waals surface area contributed by atoms with Gasteiger partial charge in [0.2, 0.25) is 5.82 Å². The summed E-state index contributed by atoms with van der Waals surface area (Å²) in [6.45, 7) is 6.46. The molecule has 3 aromatic heterocycles. The molecule has 0 aliphatic carbocycles. The lowest BCUT2D eigenvalue weighted by molar-refractivity contribution is 0.381. The molecule has 0 spiro atoms. The Morgan fingerprint density at radius 3 is 2.13 bits per heavy atom. The van der Waals surface area contributed by atoms with Gasteiger partial charge in [-0.1, -0.05) is 45.0 Å². The predicted octanol–water partition coefficient (Wildman–Crippen LogP) is 9.82. The van der Waals surface area contributed by atoms with Crippen LogP contribution in [0, 0.1) is 29.1 Å². The van der Waals surface area contributed by atoms with Gasteiger partial charge in [-0.2, -0.15) is 5.10 Å². The van der Waals surface area contributed by atoms with Crippen LogP contribution in [0.5, 0.6) is 11.5 Å². The molecule has 0 aliphatic heterocycles. The van der Waals surface area contributed by atoms with E-state index in [4.69, 9.17) is 9.72 Å². The first-order chi connectivity index (χ1) is 22.0. The zero-order chi connectivity index (χ0) is 32.3. The molecule has 0 N–H and O–H groups in total. The zero-order valence-corrected chi connectivity index (χ0v) is 24.8. The molecule has 0 aliphatic rings. The quantitative estimate of drug-likeness (QED) is 0.109. The van der Waals surface area contributed by atoms with E-state index in [0.717, 1.165) is 39.4 Å². The highest BCUT2D eigenvalue weighted by Gasteiger charge is 2.27. The molecule has 230 valence electrons. The molecular weight excluding hydrogens is 599 g/mol. The first-order valence-corrected chi connectivity index (χ1v) is 14.4. The number of pyridine rings is 1. The standard InChI is InChI=1S/C36H25F5N4O/c1-36(2,3)21-13-14-42-29(15-21)45-27-10-5-4-9-25(27)26-12-11-24(17-28(26)45)46-23-8-6-7-22(16-23)44-19-20(18-43-44)30-31(37)33(39)35(41)34(40)32(30)38/h4-19H,1-3H3.